The fourth-order valence-corrected chi connectivity index (χ4v) is 7.07. The maximum absolute atomic E-state index is 15.6. The van der Waals surface area contributed by atoms with Crippen molar-refractivity contribution in [2.24, 2.45) is 17.3 Å². The minimum Gasteiger partial charge on any atom is -0.390 e. The lowest BCUT2D eigenvalue weighted by molar-refractivity contribution is -0.129. The standard InChI is InChI=1S/C28H34ClF2N3O3/c1-26(2,3)13-20-28(17-9-8-14(29)10-19(17)33-25(28)36)21(16-6-5-7-18(30)22(16)31)23(34-20)24(35)32-15-11-27(4,37)12-15/h5-10,15-16,20-23,34,37H,11-13H2,1-4H3,(H,32,35)(H,33,36)/t15?,16?,20-,21-,22?,23+,27?,28+/m0/s1. The van der Waals surface area contributed by atoms with E-state index in [0.29, 0.717) is 35.5 Å². The largest absolute Gasteiger partial charge is 0.390 e. The van der Waals surface area contributed by atoms with Crippen molar-refractivity contribution in [2.75, 3.05) is 5.32 Å². The zero-order chi connectivity index (χ0) is 26.9. The van der Waals surface area contributed by atoms with E-state index in [0.717, 1.165) is 6.08 Å². The van der Waals surface area contributed by atoms with Crippen LogP contribution >= 0.6 is 11.6 Å². The molecule has 1 saturated carbocycles. The van der Waals surface area contributed by atoms with Gasteiger partial charge in [-0.25, -0.2) is 8.78 Å². The number of halogens is 3. The van der Waals surface area contributed by atoms with Gasteiger partial charge in [-0.05, 0) is 55.4 Å². The Morgan fingerprint density at radius 1 is 1.30 bits per heavy atom. The SMILES string of the molecule is CC(C)(C)C[C@@H]1N[C@@H](C(=O)NC2CC(C)(O)C2)[C@H](C2C=CC=C(F)C2F)[C@]12C(=O)Nc1cc(Cl)ccc12. The average molecular weight is 534 g/mol. The summed E-state index contributed by atoms with van der Waals surface area (Å²) < 4.78 is 30.2. The van der Waals surface area contributed by atoms with Crippen LogP contribution in [0.4, 0.5) is 14.5 Å². The van der Waals surface area contributed by atoms with Crippen LogP contribution in [0.3, 0.4) is 0 Å². The number of amides is 2. The van der Waals surface area contributed by atoms with Crippen molar-refractivity contribution in [2.45, 2.75) is 82.3 Å². The lowest BCUT2D eigenvalue weighted by atomic mass is 9.59. The highest BCUT2D eigenvalue weighted by Crippen LogP contribution is 2.56. The molecule has 2 fully saturated rings. The van der Waals surface area contributed by atoms with Gasteiger partial charge in [-0.2, -0.15) is 0 Å². The predicted molar refractivity (Wildman–Crippen MR) is 139 cm³/mol. The fraction of sp³-hybridized carbons (Fsp3) is 0.571. The summed E-state index contributed by atoms with van der Waals surface area (Å²) in [5.41, 5.74) is -1.27. The molecule has 0 bridgehead atoms. The molecule has 2 aliphatic heterocycles. The molecule has 37 heavy (non-hydrogen) atoms. The highest BCUT2D eigenvalue weighted by atomic mass is 35.5. The molecule has 1 spiro atoms. The Labute approximate surface area is 220 Å². The molecule has 0 aromatic heterocycles. The van der Waals surface area contributed by atoms with Crippen molar-refractivity contribution >= 4 is 29.1 Å². The summed E-state index contributed by atoms with van der Waals surface area (Å²) in [6.45, 7) is 7.83. The van der Waals surface area contributed by atoms with Gasteiger partial charge >= 0.3 is 0 Å². The molecule has 5 rings (SSSR count). The minimum absolute atomic E-state index is 0.231. The second-order valence-corrected chi connectivity index (χ2v) is 13.0. The average Bonchev–Trinajstić information content (AvgIpc) is 3.23. The first-order valence-corrected chi connectivity index (χ1v) is 13.2. The quantitative estimate of drug-likeness (QED) is 0.464. The van der Waals surface area contributed by atoms with Gasteiger partial charge in [0, 0.05) is 34.6 Å². The molecule has 2 heterocycles. The van der Waals surface area contributed by atoms with Crippen molar-refractivity contribution in [3.05, 3.63) is 52.8 Å². The molecule has 9 heteroatoms. The Kier molecular flexibility index (Phi) is 6.32. The molecule has 200 valence electrons. The van der Waals surface area contributed by atoms with E-state index in [1.54, 1.807) is 31.2 Å². The Morgan fingerprint density at radius 3 is 2.65 bits per heavy atom. The van der Waals surface area contributed by atoms with E-state index in [4.69, 9.17) is 11.6 Å². The van der Waals surface area contributed by atoms with E-state index < -0.39 is 46.9 Å². The minimum atomic E-state index is -1.99. The molecule has 2 unspecified atom stereocenters. The molecular weight excluding hydrogens is 500 g/mol. The molecule has 4 N–H and O–H groups in total. The van der Waals surface area contributed by atoms with Crippen molar-refractivity contribution in [3.63, 3.8) is 0 Å². The van der Waals surface area contributed by atoms with Gasteiger partial charge in [0.25, 0.3) is 0 Å². The second kappa shape index (κ2) is 8.89. The summed E-state index contributed by atoms with van der Waals surface area (Å²) in [7, 11) is 0. The molecule has 2 amide bonds. The number of anilines is 1. The smallest absolute Gasteiger partial charge is 0.237 e. The van der Waals surface area contributed by atoms with E-state index >= 15 is 4.39 Å². The number of hydrogen-bond donors (Lipinski definition) is 4. The summed E-state index contributed by atoms with van der Waals surface area (Å²) in [6, 6.07) is 3.36. The molecule has 0 radical (unpaired) electrons. The Hall–Kier alpha value is -2.29. The molecule has 2 aliphatic carbocycles. The summed E-state index contributed by atoms with van der Waals surface area (Å²) in [6.07, 6.45) is 3.42. The maximum atomic E-state index is 15.6. The molecule has 4 aliphatic rings. The first-order valence-electron chi connectivity index (χ1n) is 12.8. The second-order valence-electron chi connectivity index (χ2n) is 12.5. The van der Waals surface area contributed by atoms with Crippen molar-refractivity contribution in [1.82, 2.24) is 10.6 Å². The van der Waals surface area contributed by atoms with E-state index in [1.165, 1.54) is 6.08 Å². The van der Waals surface area contributed by atoms with Gasteiger partial charge in [0.2, 0.25) is 11.8 Å². The molecule has 6 nitrogen and oxygen atoms in total. The number of fused-ring (bicyclic) bond motifs is 2. The number of allylic oxidation sites excluding steroid dienone is 4. The zero-order valence-corrected chi connectivity index (χ0v) is 22.2. The highest BCUT2D eigenvalue weighted by Gasteiger charge is 2.68. The number of carbonyl (C=O) groups excluding carboxylic acids is 2. The van der Waals surface area contributed by atoms with Crippen molar-refractivity contribution in [1.29, 1.82) is 0 Å². The number of hydrogen-bond acceptors (Lipinski definition) is 4. The van der Waals surface area contributed by atoms with Crippen LogP contribution in [0.15, 0.2) is 42.3 Å². The van der Waals surface area contributed by atoms with Gasteiger partial charge in [-0.3, -0.25) is 9.59 Å². The number of rotatable bonds is 4. The van der Waals surface area contributed by atoms with Gasteiger partial charge in [-0.1, -0.05) is 50.6 Å². The number of aliphatic hydroxyl groups is 1. The van der Waals surface area contributed by atoms with Crippen LogP contribution in [0.25, 0.3) is 0 Å². The lowest BCUT2D eigenvalue weighted by Crippen LogP contribution is -2.58. The van der Waals surface area contributed by atoms with Crippen LogP contribution < -0.4 is 16.0 Å². The Morgan fingerprint density at radius 2 is 2.00 bits per heavy atom. The van der Waals surface area contributed by atoms with Gasteiger partial charge in [0.1, 0.15) is 5.83 Å². The summed E-state index contributed by atoms with van der Waals surface area (Å²) >= 11 is 6.24. The van der Waals surface area contributed by atoms with Crippen LogP contribution in [0.1, 0.15) is 52.5 Å². The Balaban J connectivity index is 1.64. The third-order valence-corrected chi connectivity index (χ3v) is 8.52. The number of alkyl halides is 1. The topological polar surface area (TPSA) is 90.5 Å². The van der Waals surface area contributed by atoms with Crippen LogP contribution in [0, 0.1) is 17.3 Å². The van der Waals surface area contributed by atoms with Crippen molar-refractivity contribution < 1.29 is 23.5 Å². The molecular formula is C28H34ClF2N3O3. The lowest BCUT2D eigenvalue weighted by Gasteiger charge is -2.43. The summed E-state index contributed by atoms with van der Waals surface area (Å²) in [5.74, 6) is -3.64. The number of nitrogens with one attached hydrogen (secondary N) is 3. The van der Waals surface area contributed by atoms with E-state index in [2.05, 4.69) is 16.0 Å². The molecule has 1 saturated heterocycles. The van der Waals surface area contributed by atoms with Gasteiger partial charge in [0.05, 0.1) is 17.1 Å². The highest BCUT2D eigenvalue weighted by molar-refractivity contribution is 6.31. The fourth-order valence-electron chi connectivity index (χ4n) is 6.90. The third kappa shape index (κ3) is 4.41. The summed E-state index contributed by atoms with van der Waals surface area (Å²) in [4.78, 5) is 27.8. The van der Waals surface area contributed by atoms with Crippen LogP contribution in [0.5, 0.6) is 0 Å². The van der Waals surface area contributed by atoms with Gasteiger partial charge in [0.15, 0.2) is 6.17 Å². The first kappa shape index (κ1) is 26.3. The van der Waals surface area contributed by atoms with Gasteiger partial charge < -0.3 is 21.1 Å². The van der Waals surface area contributed by atoms with E-state index in [9.17, 15) is 19.1 Å². The van der Waals surface area contributed by atoms with E-state index in [1.807, 2.05) is 20.8 Å². The first-order chi connectivity index (χ1) is 17.2. The third-order valence-electron chi connectivity index (χ3n) is 8.29. The normalized spacial score (nSPS) is 38.7. The van der Waals surface area contributed by atoms with Crippen LogP contribution in [-0.4, -0.2) is 46.8 Å². The maximum Gasteiger partial charge on any atom is 0.237 e. The molecule has 1 aromatic rings. The van der Waals surface area contributed by atoms with Crippen molar-refractivity contribution in [3.8, 4) is 0 Å². The van der Waals surface area contributed by atoms with E-state index in [-0.39, 0.29) is 23.3 Å². The zero-order valence-electron chi connectivity index (χ0n) is 21.4. The van der Waals surface area contributed by atoms with Crippen LogP contribution in [-0.2, 0) is 15.0 Å². The Bertz CT molecular complexity index is 1190. The van der Waals surface area contributed by atoms with Gasteiger partial charge in [-0.15, -0.1) is 0 Å². The predicted octanol–water partition coefficient (Wildman–Crippen LogP) is 4.33. The number of carbonyl (C=O) groups is 2. The molecule has 6 atom stereocenters. The number of benzene rings is 1. The molecule has 1 aromatic carbocycles. The summed E-state index contributed by atoms with van der Waals surface area (Å²) in [5, 5.41) is 19.9. The monoisotopic (exact) mass is 533 g/mol. The van der Waals surface area contributed by atoms with Crippen LogP contribution in [0.2, 0.25) is 5.02 Å².